The maximum Gasteiger partial charge on any atom is 0.243 e. The molecule has 4 rings (SSSR count). The Kier molecular flexibility index (Phi) is 4.63. The van der Waals surface area contributed by atoms with Crippen molar-refractivity contribution in [2.24, 2.45) is 5.10 Å². The molecule has 2 heterocycles. The Balaban J connectivity index is 1.55. The van der Waals surface area contributed by atoms with E-state index in [0.717, 1.165) is 31.0 Å². The van der Waals surface area contributed by atoms with Crippen molar-refractivity contribution in [2.45, 2.75) is 70.9 Å². The molecule has 0 atom stereocenters. The molecular formula is C21H29N3O. The lowest BCUT2D eigenvalue weighted by molar-refractivity contribution is -0.133. The van der Waals surface area contributed by atoms with Gasteiger partial charge < -0.3 is 0 Å². The largest absolute Gasteiger partial charge is 0.300 e. The van der Waals surface area contributed by atoms with Gasteiger partial charge in [-0.2, -0.15) is 5.10 Å². The number of benzene rings is 1. The number of fused-ring (bicyclic) bond motifs is 1. The maximum atomic E-state index is 12.0. The molecule has 4 heteroatoms. The number of carbonyl (C=O) groups excluding carboxylic acids is 1. The van der Waals surface area contributed by atoms with Gasteiger partial charge in [0.25, 0.3) is 0 Å². The van der Waals surface area contributed by atoms with Crippen LogP contribution in [-0.2, 0) is 17.6 Å². The van der Waals surface area contributed by atoms with Gasteiger partial charge in [0.1, 0.15) is 0 Å². The minimum absolute atomic E-state index is 0.125. The standard InChI is InChI=1S/C21H29N3O/c1-15(2)24-21(25)9-8-20(22-24)18-7-6-16-10-12-23(19-4-3-5-19)13-11-17(16)14-18/h6-7,14-15,19H,3-5,8-13H2,1-2H3. The highest BCUT2D eigenvalue weighted by Gasteiger charge is 2.27. The number of rotatable bonds is 3. The molecule has 4 nitrogen and oxygen atoms in total. The molecule has 25 heavy (non-hydrogen) atoms. The number of hydrogen-bond donors (Lipinski definition) is 0. The topological polar surface area (TPSA) is 35.9 Å². The summed E-state index contributed by atoms with van der Waals surface area (Å²) < 4.78 is 0. The van der Waals surface area contributed by atoms with Crippen LogP contribution >= 0.6 is 0 Å². The molecule has 0 unspecified atom stereocenters. The summed E-state index contributed by atoms with van der Waals surface area (Å²) in [5.41, 5.74) is 5.25. The van der Waals surface area contributed by atoms with Crippen LogP contribution in [0.25, 0.3) is 0 Å². The van der Waals surface area contributed by atoms with Crippen molar-refractivity contribution in [3.05, 3.63) is 34.9 Å². The number of hydrazone groups is 1. The van der Waals surface area contributed by atoms with Gasteiger partial charge in [-0.05, 0) is 62.3 Å². The summed E-state index contributed by atoms with van der Waals surface area (Å²) in [6.07, 6.45) is 7.81. The molecule has 1 aliphatic carbocycles. The highest BCUT2D eigenvalue weighted by atomic mass is 16.2. The Bertz CT molecular complexity index is 690. The second-order valence-corrected chi connectivity index (χ2v) is 7.98. The number of hydrogen-bond acceptors (Lipinski definition) is 3. The highest BCUT2D eigenvalue weighted by Crippen LogP contribution is 2.28. The Morgan fingerprint density at radius 1 is 1.04 bits per heavy atom. The lowest BCUT2D eigenvalue weighted by Gasteiger charge is -2.36. The van der Waals surface area contributed by atoms with Crippen molar-refractivity contribution in [3.8, 4) is 0 Å². The third-order valence-electron chi connectivity index (χ3n) is 6.02. The first-order valence-corrected chi connectivity index (χ1v) is 9.87. The fourth-order valence-corrected chi connectivity index (χ4v) is 4.22. The van der Waals surface area contributed by atoms with Crippen LogP contribution in [0.2, 0.25) is 0 Å². The third kappa shape index (κ3) is 3.37. The van der Waals surface area contributed by atoms with Crippen molar-refractivity contribution in [1.82, 2.24) is 9.91 Å². The van der Waals surface area contributed by atoms with E-state index in [1.807, 2.05) is 13.8 Å². The number of nitrogens with zero attached hydrogens (tertiary/aromatic N) is 3. The van der Waals surface area contributed by atoms with E-state index in [4.69, 9.17) is 0 Å². The van der Waals surface area contributed by atoms with Crippen LogP contribution in [0.1, 0.15) is 62.6 Å². The van der Waals surface area contributed by atoms with Gasteiger partial charge >= 0.3 is 0 Å². The first-order valence-electron chi connectivity index (χ1n) is 9.87. The van der Waals surface area contributed by atoms with Gasteiger partial charge in [-0.1, -0.05) is 18.6 Å². The van der Waals surface area contributed by atoms with Crippen LogP contribution in [-0.4, -0.2) is 46.7 Å². The average Bonchev–Trinajstić information content (AvgIpc) is 2.76. The molecule has 1 amide bonds. The monoisotopic (exact) mass is 339 g/mol. The van der Waals surface area contributed by atoms with E-state index < -0.39 is 0 Å². The molecule has 1 fully saturated rings. The van der Waals surface area contributed by atoms with Gasteiger partial charge in [-0.25, -0.2) is 5.01 Å². The average molecular weight is 339 g/mol. The third-order valence-corrected chi connectivity index (χ3v) is 6.02. The molecule has 0 radical (unpaired) electrons. The smallest absolute Gasteiger partial charge is 0.243 e. The predicted octanol–water partition coefficient (Wildman–Crippen LogP) is 3.37. The molecule has 0 saturated heterocycles. The van der Waals surface area contributed by atoms with E-state index in [1.54, 1.807) is 5.01 Å². The molecule has 1 saturated carbocycles. The van der Waals surface area contributed by atoms with Crippen LogP contribution < -0.4 is 0 Å². The van der Waals surface area contributed by atoms with Gasteiger partial charge in [0, 0.05) is 38.0 Å². The summed E-state index contributed by atoms with van der Waals surface area (Å²) in [6.45, 7) is 6.44. The number of carbonyl (C=O) groups is 1. The lowest BCUT2D eigenvalue weighted by Crippen LogP contribution is -2.41. The molecule has 3 aliphatic rings. The van der Waals surface area contributed by atoms with Crippen molar-refractivity contribution >= 4 is 11.6 Å². The SMILES string of the molecule is CC(C)N1N=C(c2ccc3c(c2)CCN(C2CCC2)CC3)CCC1=O. The summed E-state index contributed by atoms with van der Waals surface area (Å²) in [4.78, 5) is 14.7. The van der Waals surface area contributed by atoms with Gasteiger partial charge in [0.15, 0.2) is 0 Å². The van der Waals surface area contributed by atoms with E-state index in [0.29, 0.717) is 6.42 Å². The molecule has 2 aliphatic heterocycles. The molecule has 0 spiro atoms. The van der Waals surface area contributed by atoms with Crippen molar-refractivity contribution < 1.29 is 4.79 Å². The van der Waals surface area contributed by atoms with E-state index in [9.17, 15) is 4.79 Å². The summed E-state index contributed by atoms with van der Waals surface area (Å²) in [5, 5.41) is 6.32. The second-order valence-electron chi connectivity index (χ2n) is 7.98. The summed E-state index contributed by atoms with van der Waals surface area (Å²) in [6, 6.07) is 7.81. The minimum Gasteiger partial charge on any atom is -0.300 e. The summed E-state index contributed by atoms with van der Waals surface area (Å²) in [7, 11) is 0. The first-order chi connectivity index (χ1) is 12.1. The van der Waals surface area contributed by atoms with E-state index in [1.165, 1.54) is 49.0 Å². The quantitative estimate of drug-likeness (QED) is 0.846. The normalized spacial score (nSPS) is 22.4. The fourth-order valence-electron chi connectivity index (χ4n) is 4.22. The zero-order chi connectivity index (χ0) is 17.4. The van der Waals surface area contributed by atoms with E-state index in [-0.39, 0.29) is 11.9 Å². The molecule has 134 valence electrons. The zero-order valence-corrected chi connectivity index (χ0v) is 15.5. The Morgan fingerprint density at radius 2 is 1.80 bits per heavy atom. The highest BCUT2D eigenvalue weighted by molar-refractivity contribution is 6.04. The van der Waals surface area contributed by atoms with Gasteiger partial charge in [-0.3, -0.25) is 9.69 Å². The molecule has 0 bridgehead atoms. The van der Waals surface area contributed by atoms with Crippen molar-refractivity contribution in [3.63, 3.8) is 0 Å². The van der Waals surface area contributed by atoms with Gasteiger partial charge in [0.05, 0.1) is 5.71 Å². The Hall–Kier alpha value is -1.68. The van der Waals surface area contributed by atoms with Crippen LogP contribution in [0.4, 0.5) is 0 Å². The first kappa shape index (κ1) is 16.8. The fraction of sp³-hybridized carbons (Fsp3) is 0.619. The molecule has 1 aromatic rings. The van der Waals surface area contributed by atoms with Crippen LogP contribution in [0.15, 0.2) is 23.3 Å². The van der Waals surface area contributed by atoms with Gasteiger partial charge in [0.2, 0.25) is 5.91 Å². The summed E-state index contributed by atoms with van der Waals surface area (Å²) >= 11 is 0. The zero-order valence-electron chi connectivity index (χ0n) is 15.5. The van der Waals surface area contributed by atoms with E-state index >= 15 is 0 Å². The number of amides is 1. The lowest BCUT2D eigenvalue weighted by atomic mass is 9.91. The molecule has 1 aromatic carbocycles. The van der Waals surface area contributed by atoms with Crippen LogP contribution in [0, 0.1) is 0 Å². The summed E-state index contributed by atoms with van der Waals surface area (Å²) in [5.74, 6) is 0.143. The van der Waals surface area contributed by atoms with Crippen molar-refractivity contribution in [2.75, 3.05) is 13.1 Å². The van der Waals surface area contributed by atoms with E-state index in [2.05, 4.69) is 28.2 Å². The van der Waals surface area contributed by atoms with Gasteiger partial charge in [-0.15, -0.1) is 0 Å². The molecular weight excluding hydrogens is 310 g/mol. The predicted molar refractivity (Wildman–Crippen MR) is 101 cm³/mol. The Labute approximate surface area is 150 Å². The van der Waals surface area contributed by atoms with Crippen LogP contribution in [0.5, 0.6) is 0 Å². The Morgan fingerprint density at radius 3 is 2.48 bits per heavy atom. The molecule has 0 N–H and O–H groups in total. The van der Waals surface area contributed by atoms with Crippen LogP contribution in [0.3, 0.4) is 0 Å². The molecule has 0 aromatic heterocycles. The second kappa shape index (κ2) is 6.91. The minimum atomic E-state index is 0.125. The van der Waals surface area contributed by atoms with Crippen molar-refractivity contribution in [1.29, 1.82) is 0 Å². The maximum absolute atomic E-state index is 12.0.